The zero-order valence-electron chi connectivity index (χ0n) is 12.7. The topological polar surface area (TPSA) is 62.3 Å². The Morgan fingerprint density at radius 3 is 2.82 bits per heavy atom. The molecule has 1 aromatic heterocycles. The van der Waals surface area contributed by atoms with E-state index in [1.54, 1.807) is 6.92 Å². The number of hydrogen-bond acceptors (Lipinski definition) is 4. The van der Waals surface area contributed by atoms with E-state index in [-0.39, 0.29) is 17.9 Å². The van der Waals surface area contributed by atoms with Crippen LogP contribution in [0, 0.1) is 0 Å². The number of nitrogens with zero attached hydrogens (tertiary/aromatic N) is 2. The van der Waals surface area contributed by atoms with Crippen LogP contribution < -0.4 is 10.2 Å². The van der Waals surface area contributed by atoms with Crippen LogP contribution in [0.3, 0.4) is 0 Å². The number of carbonyl (C=O) groups excluding carboxylic acids is 2. The molecule has 0 aliphatic carbocycles. The van der Waals surface area contributed by atoms with Gasteiger partial charge in [0, 0.05) is 36.5 Å². The number of thiazole rings is 1. The van der Waals surface area contributed by atoms with Crippen LogP contribution in [0.15, 0.2) is 23.6 Å². The summed E-state index contributed by atoms with van der Waals surface area (Å²) in [4.78, 5) is 29.1. The van der Waals surface area contributed by atoms with Gasteiger partial charge < -0.3 is 10.2 Å². The smallest absolute Gasteiger partial charge is 0.224 e. The Balaban J connectivity index is 1.92. The summed E-state index contributed by atoms with van der Waals surface area (Å²) in [5, 5.41) is 5.22. The lowest BCUT2D eigenvalue weighted by Gasteiger charge is -2.20. The van der Waals surface area contributed by atoms with Crippen LogP contribution in [-0.2, 0) is 16.0 Å². The Bertz CT molecular complexity index is 754. The van der Waals surface area contributed by atoms with E-state index in [1.165, 1.54) is 18.3 Å². The summed E-state index contributed by atoms with van der Waals surface area (Å²) < 4.78 is 0. The van der Waals surface area contributed by atoms with Crippen molar-refractivity contribution in [2.24, 2.45) is 0 Å². The molecule has 6 heteroatoms. The number of amides is 2. The molecule has 114 valence electrons. The lowest BCUT2D eigenvalue weighted by Crippen LogP contribution is -2.33. The highest BCUT2D eigenvalue weighted by atomic mass is 32.1. The fraction of sp³-hybridized carbons (Fsp3) is 0.312. The molecule has 1 atom stereocenters. The summed E-state index contributed by atoms with van der Waals surface area (Å²) in [6, 6.07) is 6.22. The van der Waals surface area contributed by atoms with E-state index in [0.717, 1.165) is 28.9 Å². The molecule has 1 aliphatic rings. The Morgan fingerprint density at radius 1 is 1.36 bits per heavy atom. The Kier molecular flexibility index (Phi) is 3.70. The first-order chi connectivity index (χ1) is 10.5. The van der Waals surface area contributed by atoms with E-state index < -0.39 is 0 Å². The third kappa shape index (κ3) is 2.62. The lowest BCUT2D eigenvalue weighted by atomic mass is 10.1. The van der Waals surface area contributed by atoms with E-state index in [0.29, 0.717) is 5.13 Å². The fourth-order valence-corrected chi connectivity index (χ4v) is 3.65. The number of carbonyl (C=O) groups is 2. The molecule has 0 saturated carbocycles. The summed E-state index contributed by atoms with van der Waals surface area (Å²) in [5.41, 5.74) is 3.99. The summed E-state index contributed by atoms with van der Waals surface area (Å²) in [6.07, 6.45) is 0.853. The van der Waals surface area contributed by atoms with E-state index in [1.807, 2.05) is 22.4 Å². The first kappa shape index (κ1) is 14.7. The summed E-state index contributed by atoms with van der Waals surface area (Å²) in [6.45, 7) is 5.12. The second-order valence-corrected chi connectivity index (χ2v) is 6.36. The first-order valence-corrected chi connectivity index (χ1v) is 8.00. The Morgan fingerprint density at radius 2 is 2.14 bits per heavy atom. The van der Waals surface area contributed by atoms with Crippen LogP contribution in [0.2, 0.25) is 0 Å². The van der Waals surface area contributed by atoms with Crippen molar-refractivity contribution in [1.82, 2.24) is 4.98 Å². The Hall–Kier alpha value is -2.21. The largest absolute Gasteiger partial charge is 0.309 e. The van der Waals surface area contributed by atoms with E-state index in [4.69, 9.17) is 0 Å². The average molecular weight is 315 g/mol. The van der Waals surface area contributed by atoms with Crippen molar-refractivity contribution in [2.45, 2.75) is 33.2 Å². The van der Waals surface area contributed by atoms with Crippen LogP contribution >= 0.6 is 11.3 Å². The zero-order chi connectivity index (χ0) is 15.9. The third-order valence-electron chi connectivity index (χ3n) is 3.72. The lowest BCUT2D eigenvalue weighted by molar-refractivity contribution is -0.117. The van der Waals surface area contributed by atoms with Crippen LogP contribution in [-0.4, -0.2) is 22.8 Å². The van der Waals surface area contributed by atoms with Gasteiger partial charge in [-0.1, -0.05) is 6.07 Å². The summed E-state index contributed by atoms with van der Waals surface area (Å²) in [5.74, 6) is -0.0543. The minimum atomic E-state index is -0.124. The summed E-state index contributed by atoms with van der Waals surface area (Å²) in [7, 11) is 0. The summed E-state index contributed by atoms with van der Waals surface area (Å²) >= 11 is 1.40. The predicted octanol–water partition coefficient (Wildman–Crippen LogP) is 3.07. The molecular formula is C16H17N3O2S. The highest BCUT2D eigenvalue weighted by Crippen LogP contribution is 2.36. The van der Waals surface area contributed by atoms with Gasteiger partial charge in [0.05, 0.1) is 5.69 Å². The van der Waals surface area contributed by atoms with Crippen LogP contribution in [0.4, 0.5) is 10.8 Å². The monoisotopic (exact) mass is 315 g/mol. The van der Waals surface area contributed by atoms with Crippen LogP contribution in [0.5, 0.6) is 0 Å². The maximum absolute atomic E-state index is 11.8. The minimum Gasteiger partial charge on any atom is -0.309 e. The molecule has 5 nitrogen and oxygen atoms in total. The number of hydrogen-bond donors (Lipinski definition) is 1. The quantitative estimate of drug-likeness (QED) is 0.926. The van der Waals surface area contributed by atoms with Crippen molar-refractivity contribution < 1.29 is 9.59 Å². The number of anilines is 2. The van der Waals surface area contributed by atoms with Crippen molar-refractivity contribution in [1.29, 1.82) is 0 Å². The van der Waals surface area contributed by atoms with Gasteiger partial charge in [-0.05, 0) is 31.0 Å². The number of fused-ring (bicyclic) bond motifs is 1. The SMILES string of the molecule is CC(=O)Nc1nc(-c2ccc3c(c2)CC(C)N3C(C)=O)cs1. The highest BCUT2D eigenvalue weighted by Gasteiger charge is 2.29. The molecule has 1 aliphatic heterocycles. The van der Waals surface area contributed by atoms with Crippen molar-refractivity contribution in [3.63, 3.8) is 0 Å². The average Bonchev–Trinajstić information content (AvgIpc) is 3.00. The molecule has 2 heterocycles. The van der Waals surface area contributed by atoms with Gasteiger partial charge in [0.15, 0.2) is 5.13 Å². The van der Waals surface area contributed by atoms with Crippen molar-refractivity contribution in [3.8, 4) is 11.3 Å². The highest BCUT2D eigenvalue weighted by molar-refractivity contribution is 7.14. The van der Waals surface area contributed by atoms with Crippen LogP contribution in [0.25, 0.3) is 11.3 Å². The maximum atomic E-state index is 11.8. The maximum Gasteiger partial charge on any atom is 0.224 e. The molecule has 0 radical (unpaired) electrons. The van der Waals surface area contributed by atoms with Gasteiger partial charge in [-0.3, -0.25) is 9.59 Å². The molecule has 1 unspecified atom stereocenters. The van der Waals surface area contributed by atoms with Gasteiger partial charge in [-0.15, -0.1) is 11.3 Å². The van der Waals surface area contributed by atoms with Gasteiger partial charge in [0.1, 0.15) is 0 Å². The van der Waals surface area contributed by atoms with Crippen molar-refractivity contribution in [2.75, 3.05) is 10.2 Å². The minimum absolute atomic E-state index is 0.0700. The zero-order valence-corrected chi connectivity index (χ0v) is 13.5. The molecule has 2 aromatic rings. The van der Waals surface area contributed by atoms with E-state index in [9.17, 15) is 9.59 Å². The second-order valence-electron chi connectivity index (χ2n) is 5.50. The molecule has 1 N–H and O–H groups in total. The number of aromatic nitrogens is 1. The van der Waals surface area contributed by atoms with Crippen molar-refractivity contribution in [3.05, 3.63) is 29.1 Å². The number of rotatable bonds is 2. The Labute approximate surface area is 133 Å². The molecule has 1 aromatic carbocycles. The molecule has 0 bridgehead atoms. The first-order valence-electron chi connectivity index (χ1n) is 7.12. The van der Waals surface area contributed by atoms with Gasteiger partial charge in [-0.25, -0.2) is 4.98 Å². The molecule has 22 heavy (non-hydrogen) atoms. The van der Waals surface area contributed by atoms with Crippen LogP contribution in [0.1, 0.15) is 26.3 Å². The molecular weight excluding hydrogens is 298 g/mol. The second kappa shape index (κ2) is 5.53. The normalized spacial score (nSPS) is 16.5. The van der Waals surface area contributed by atoms with Gasteiger partial charge in [-0.2, -0.15) is 0 Å². The van der Waals surface area contributed by atoms with E-state index in [2.05, 4.69) is 23.3 Å². The molecule has 0 spiro atoms. The molecule has 3 rings (SSSR count). The third-order valence-corrected chi connectivity index (χ3v) is 4.48. The molecule has 0 fully saturated rings. The fourth-order valence-electron chi connectivity index (χ4n) is 2.88. The predicted molar refractivity (Wildman–Crippen MR) is 88.2 cm³/mol. The van der Waals surface area contributed by atoms with Crippen molar-refractivity contribution >= 4 is 34.0 Å². The van der Waals surface area contributed by atoms with Gasteiger partial charge in [0.25, 0.3) is 0 Å². The van der Waals surface area contributed by atoms with Gasteiger partial charge >= 0.3 is 0 Å². The van der Waals surface area contributed by atoms with E-state index >= 15 is 0 Å². The molecule has 0 saturated heterocycles. The number of nitrogens with one attached hydrogen (secondary N) is 1. The number of benzene rings is 1. The van der Waals surface area contributed by atoms with Gasteiger partial charge in [0.2, 0.25) is 11.8 Å². The standard InChI is InChI=1S/C16H17N3O2S/c1-9-6-13-7-12(4-5-15(13)19(9)11(3)21)14-8-22-16(18-14)17-10(2)20/h4-5,7-9H,6H2,1-3H3,(H,17,18,20). The molecule has 2 amide bonds.